The quantitative estimate of drug-likeness (QED) is 0.919. The summed E-state index contributed by atoms with van der Waals surface area (Å²) in [7, 11) is 0. The van der Waals surface area contributed by atoms with Gasteiger partial charge < -0.3 is 4.98 Å². The Bertz CT molecular complexity index is 639. The average Bonchev–Trinajstić information content (AvgIpc) is 2.40. The summed E-state index contributed by atoms with van der Waals surface area (Å²) in [6, 6.07) is 8.60. The van der Waals surface area contributed by atoms with Crippen LogP contribution in [0.5, 0.6) is 0 Å². The number of aromatic amines is 1. The lowest BCUT2D eigenvalue weighted by molar-refractivity contribution is 0.420. The molecule has 0 bridgehead atoms. The molecule has 1 aromatic carbocycles. The first kappa shape index (κ1) is 13.1. The fourth-order valence-electron chi connectivity index (χ4n) is 2.81. The standard InChI is InChI=1S/C17H20N2O/c1-2-4-15-16(18-11-19-17(15)20)14-9-7-13(8-10-14)12-5-3-6-12/h7-12H,2-6H2,1H3,(H,18,19,20). The molecule has 1 aliphatic carbocycles. The molecule has 1 aromatic heterocycles. The first-order chi connectivity index (χ1) is 9.79. The molecule has 0 radical (unpaired) electrons. The Morgan fingerprint density at radius 2 is 2.00 bits per heavy atom. The summed E-state index contributed by atoms with van der Waals surface area (Å²) in [5.74, 6) is 0.742. The van der Waals surface area contributed by atoms with Crippen LogP contribution in [0.15, 0.2) is 35.4 Å². The van der Waals surface area contributed by atoms with Gasteiger partial charge in [-0.15, -0.1) is 0 Å². The van der Waals surface area contributed by atoms with E-state index < -0.39 is 0 Å². The van der Waals surface area contributed by atoms with Crippen LogP contribution in [0.25, 0.3) is 11.3 Å². The Hall–Kier alpha value is -1.90. The smallest absolute Gasteiger partial charge is 0.254 e. The van der Waals surface area contributed by atoms with Crippen LogP contribution >= 0.6 is 0 Å². The second-order valence-electron chi connectivity index (χ2n) is 5.56. The van der Waals surface area contributed by atoms with Crippen molar-refractivity contribution in [3.63, 3.8) is 0 Å². The maximum Gasteiger partial charge on any atom is 0.254 e. The van der Waals surface area contributed by atoms with E-state index in [0.717, 1.165) is 35.6 Å². The molecule has 1 aliphatic rings. The lowest BCUT2D eigenvalue weighted by atomic mass is 9.80. The van der Waals surface area contributed by atoms with Gasteiger partial charge in [0.15, 0.2) is 0 Å². The van der Waals surface area contributed by atoms with Crippen LogP contribution in [0.1, 0.15) is 49.7 Å². The monoisotopic (exact) mass is 268 g/mol. The van der Waals surface area contributed by atoms with Gasteiger partial charge in [0.05, 0.1) is 12.0 Å². The zero-order valence-corrected chi connectivity index (χ0v) is 11.9. The normalized spacial score (nSPS) is 15.1. The van der Waals surface area contributed by atoms with Crippen molar-refractivity contribution < 1.29 is 0 Å². The van der Waals surface area contributed by atoms with Crippen molar-refractivity contribution in [3.8, 4) is 11.3 Å². The van der Waals surface area contributed by atoms with Gasteiger partial charge >= 0.3 is 0 Å². The van der Waals surface area contributed by atoms with Crippen molar-refractivity contribution in [1.29, 1.82) is 0 Å². The van der Waals surface area contributed by atoms with E-state index in [4.69, 9.17) is 0 Å². The van der Waals surface area contributed by atoms with Crippen LogP contribution in [0, 0.1) is 0 Å². The maximum atomic E-state index is 11.9. The van der Waals surface area contributed by atoms with Crippen LogP contribution in [0.4, 0.5) is 0 Å². The molecule has 0 amide bonds. The molecule has 3 heteroatoms. The zero-order chi connectivity index (χ0) is 13.9. The molecule has 104 valence electrons. The Balaban J connectivity index is 1.96. The highest BCUT2D eigenvalue weighted by atomic mass is 16.1. The van der Waals surface area contributed by atoms with E-state index in [9.17, 15) is 4.79 Å². The number of benzene rings is 1. The summed E-state index contributed by atoms with van der Waals surface area (Å²) in [5, 5.41) is 0. The minimum Gasteiger partial charge on any atom is -0.313 e. The predicted octanol–water partition coefficient (Wildman–Crippen LogP) is 3.66. The van der Waals surface area contributed by atoms with Gasteiger partial charge in [0, 0.05) is 11.1 Å². The highest BCUT2D eigenvalue weighted by molar-refractivity contribution is 5.62. The van der Waals surface area contributed by atoms with Gasteiger partial charge in [-0.25, -0.2) is 4.98 Å². The lowest BCUT2D eigenvalue weighted by Gasteiger charge is -2.25. The second kappa shape index (κ2) is 5.61. The Morgan fingerprint density at radius 1 is 1.25 bits per heavy atom. The summed E-state index contributed by atoms with van der Waals surface area (Å²) in [6.07, 6.45) is 7.18. The molecule has 0 aliphatic heterocycles. The summed E-state index contributed by atoms with van der Waals surface area (Å²) in [5.41, 5.74) is 4.08. The topological polar surface area (TPSA) is 45.8 Å². The number of hydrogen-bond acceptors (Lipinski definition) is 2. The molecule has 20 heavy (non-hydrogen) atoms. The third-order valence-electron chi connectivity index (χ3n) is 4.21. The summed E-state index contributed by atoms with van der Waals surface area (Å²) in [4.78, 5) is 19.0. The summed E-state index contributed by atoms with van der Waals surface area (Å²) < 4.78 is 0. The fourth-order valence-corrected chi connectivity index (χ4v) is 2.81. The Labute approximate surface area is 119 Å². The van der Waals surface area contributed by atoms with Crippen LogP contribution in [0.3, 0.4) is 0 Å². The van der Waals surface area contributed by atoms with E-state index in [0.29, 0.717) is 0 Å². The van der Waals surface area contributed by atoms with Gasteiger partial charge in [0.1, 0.15) is 0 Å². The van der Waals surface area contributed by atoms with Crippen LogP contribution in [0.2, 0.25) is 0 Å². The van der Waals surface area contributed by atoms with Gasteiger partial charge in [0.25, 0.3) is 5.56 Å². The molecule has 0 unspecified atom stereocenters. The van der Waals surface area contributed by atoms with Crippen molar-refractivity contribution >= 4 is 0 Å². The highest BCUT2D eigenvalue weighted by Gasteiger charge is 2.19. The SMILES string of the molecule is CCCc1c(-c2ccc(C3CCC3)cc2)nc[nH]c1=O. The molecule has 0 spiro atoms. The molecular weight excluding hydrogens is 248 g/mol. The third kappa shape index (κ3) is 2.40. The van der Waals surface area contributed by atoms with E-state index >= 15 is 0 Å². The predicted molar refractivity (Wildman–Crippen MR) is 80.9 cm³/mol. The van der Waals surface area contributed by atoms with Crippen molar-refractivity contribution in [2.45, 2.75) is 44.9 Å². The van der Waals surface area contributed by atoms with E-state index in [-0.39, 0.29) is 5.56 Å². The molecule has 2 aromatic rings. The largest absolute Gasteiger partial charge is 0.313 e. The molecule has 3 rings (SSSR count). The number of hydrogen-bond donors (Lipinski definition) is 1. The van der Waals surface area contributed by atoms with E-state index in [1.807, 2.05) is 0 Å². The summed E-state index contributed by atoms with van der Waals surface area (Å²) in [6.45, 7) is 2.08. The van der Waals surface area contributed by atoms with Crippen molar-refractivity contribution in [3.05, 3.63) is 52.1 Å². The summed E-state index contributed by atoms with van der Waals surface area (Å²) >= 11 is 0. The minimum absolute atomic E-state index is 0.0140. The molecule has 0 atom stereocenters. The zero-order valence-electron chi connectivity index (χ0n) is 11.9. The first-order valence-corrected chi connectivity index (χ1v) is 7.46. The number of aromatic nitrogens is 2. The number of nitrogens with zero attached hydrogens (tertiary/aromatic N) is 1. The fraction of sp³-hybridized carbons (Fsp3) is 0.412. The van der Waals surface area contributed by atoms with Gasteiger partial charge in [-0.2, -0.15) is 0 Å². The van der Waals surface area contributed by atoms with Gasteiger partial charge in [-0.05, 0) is 30.7 Å². The number of H-pyrrole nitrogens is 1. The van der Waals surface area contributed by atoms with Gasteiger partial charge in [-0.3, -0.25) is 4.79 Å². The van der Waals surface area contributed by atoms with Crippen LogP contribution in [-0.2, 0) is 6.42 Å². The molecule has 1 fully saturated rings. The highest BCUT2D eigenvalue weighted by Crippen LogP contribution is 2.36. The Morgan fingerprint density at radius 3 is 2.60 bits per heavy atom. The van der Waals surface area contributed by atoms with Crippen molar-refractivity contribution in [1.82, 2.24) is 9.97 Å². The number of rotatable bonds is 4. The van der Waals surface area contributed by atoms with Crippen molar-refractivity contribution in [2.24, 2.45) is 0 Å². The molecular formula is C17H20N2O. The Kier molecular flexibility index (Phi) is 3.68. The first-order valence-electron chi connectivity index (χ1n) is 7.46. The minimum atomic E-state index is -0.0140. The van der Waals surface area contributed by atoms with Crippen molar-refractivity contribution in [2.75, 3.05) is 0 Å². The maximum absolute atomic E-state index is 11.9. The number of nitrogens with one attached hydrogen (secondary N) is 1. The van der Waals surface area contributed by atoms with Crippen LogP contribution < -0.4 is 5.56 Å². The van der Waals surface area contributed by atoms with Crippen LogP contribution in [-0.4, -0.2) is 9.97 Å². The second-order valence-corrected chi connectivity index (χ2v) is 5.56. The van der Waals surface area contributed by atoms with Gasteiger partial charge in [0.2, 0.25) is 0 Å². The average molecular weight is 268 g/mol. The molecule has 1 saturated carbocycles. The third-order valence-corrected chi connectivity index (χ3v) is 4.21. The molecule has 1 N–H and O–H groups in total. The molecule has 0 saturated heterocycles. The van der Waals surface area contributed by atoms with E-state index in [1.54, 1.807) is 0 Å². The molecule has 1 heterocycles. The molecule has 3 nitrogen and oxygen atoms in total. The van der Waals surface area contributed by atoms with Gasteiger partial charge in [-0.1, -0.05) is 44.0 Å². The van der Waals surface area contributed by atoms with E-state index in [2.05, 4.69) is 41.2 Å². The lowest BCUT2D eigenvalue weighted by Crippen LogP contribution is -2.15. The van der Waals surface area contributed by atoms with E-state index in [1.165, 1.54) is 31.2 Å².